The number of benzene rings is 1. The van der Waals surface area contributed by atoms with Gasteiger partial charge in [-0.05, 0) is 37.6 Å². The summed E-state index contributed by atoms with van der Waals surface area (Å²) in [6, 6.07) is 6.50. The van der Waals surface area contributed by atoms with Crippen LogP contribution in [0.3, 0.4) is 0 Å². The van der Waals surface area contributed by atoms with E-state index in [-0.39, 0.29) is 6.04 Å². The lowest BCUT2D eigenvalue weighted by molar-refractivity contribution is 0.305. The van der Waals surface area contributed by atoms with Gasteiger partial charge in [0, 0.05) is 37.9 Å². The summed E-state index contributed by atoms with van der Waals surface area (Å²) in [7, 11) is 4.03. The van der Waals surface area contributed by atoms with E-state index < -0.39 is 0 Å². The van der Waals surface area contributed by atoms with E-state index in [4.69, 9.17) is 5.73 Å². The highest BCUT2D eigenvalue weighted by Gasteiger charge is 2.11. The molecule has 0 radical (unpaired) electrons. The number of rotatable bonds is 5. The molecule has 0 aliphatic heterocycles. The Balaban J connectivity index is 1.96. The van der Waals surface area contributed by atoms with Gasteiger partial charge in [0.05, 0.1) is 6.20 Å². The molecule has 0 amide bonds. The molecule has 0 saturated carbocycles. The molecule has 1 aromatic heterocycles. The summed E-state index contributed by atoms with van der Waals surface area (Å²) < 4.78 is 1.83. The molecule has 1 unspecified atom stereocenters. The third kappa shape index (κ3) is 3.68. The van der Waals surface area contributed by atoms with Gasteiger partial charge < -0.3 is 10.6 Å². The van der Waals surface area contributed by atoms with Crippen LogP contribution >= 0.6 is 0 Å². The molecule has 4 heteroatoms. The van der Waals surface area contributed by atoms with Crippen molar-refractivity contribution in [1.82, 2.24) is 14.7 Å². The van der Waals surface area contributed by atoms with E-state index in [2.05, 4.69) is 49.1 Å². The number of aryl methyl sites for hydroxylation is 3. The molecule has 20 heavy (non-hydrogen) atoms. The zero-order valence-corrected chi connectivity index (χ0v) is 12.8. The first-order valence-electron chi connectivity index (χ1n) is 6.94. The SMILES string of the molecule is Cc1ccc(C(N)CN(C)Cc2cnn(C)c2)cc1C. The first kappa shape index (κ1) is 14.8. The van der Waals surface area contributed by atoms with Crippen molar-refractivity contribution in [3.8, 4) is 0 Å². The van der Waals surface area contributed by atoms with Crippen LogP contribution < -0.4 is 5.73 Å². The Kier molecular flexibility index (Phi) is 4.57. The molecule has 2 N–H and O–H groups in total. The van der Waals surface area contributed by atoms with E-state index in [0.29, 0.717) is 0 Å². The maximum Gasteiger partial charge on any atom is 0.0534 e. The van der Waals surface area contributed by atoms with Crippen molar-refractivity contribution in [1.29, 1.82) is 0 Å². The quantitative estimate of drug-likeness (QED) is 0.907. The normalized spacial score (nSPS) is 12.9. The van der Waals surface area contributed by atoms with E-state index in [1.54, 1.807) is 0 Å². The lowest BCUT2D eigenvalue weighted by Crippen LogP contribution is -2.28. The zero-order chi connectivity index (χ0) is 14.7. The average Bonchev–Trinajstić information content (AvgIpc) is 2.77. The van der Waals surface area contributed by atoms with Gasteiger partial charge in [0.1, 0.15) is 0 Å². The summed E-state index contributed by atoms with van der Waals surface area (Å²) in [5.74, 6) is 0. The lowest BCUT2D eigenvalue weighted by atomic mass is 10.0. The summed E-state index contributed by atoms with van der Waals surface area (Å²) in [6.45, 7) is 5.95. The molecule has 0 bridgehead atoms. The molecule has 1 atom stereocenters. The summed E-state index contributed by atoms with van der Waals surface area (Å²) >= 11 is 0. The third-order valence-corrected chi connectivity index (χ3v) is 3.68. The molecule has 0 saturated heterocycles. The maximum atomic E-state index is 6.31. The summed E-state index contributed by atoms with van der Waals surface area (Å²) in [6.07, 6.45) is 3.94. The minimum atomic E-state index is 0.0379. The van der Waals surface area contributed by atoms with Crippen LogP contribution in [0.5, 0.6) is 0 Å². The Morgan fingerprint density at radius 1 is 1.30 bits per heavy atom. The van der Waals surface area contributed by atoms with Crippen molar-refractivity contribution in [2.45, 2.75) is 26.4 Å². The summed E-state index contributed by atoms with van der Waals surface area (Å²) in [4.78, 5) is 2.23. The summed E-state index contributed by atoms with van der Waals surface area (Å²) in [5.41, 5.74) is 11.3. The number of nitrogens with two attached hydrogens (primary N) is 1. The number of nitrogens with zero attached hydrogens (tertiary/aromatic N) is 3. The highest BCUT2D eigenvalue weighted by molar-refractivity contribution is 5.31. The Hall–Kier alpha value is -1.65. The molecule has 4 nitrogen and oxygen atoms in total. The van der Waals surface area contributed by atoms with Crippen molar-refractivity contribution in [3.05, 3.63) is 52.8 Å². The molecule has 0 fully saturated rings. The van der Waals surface area contributed by atoms with Crippen LogP contribution in [0.2, 0.25) is 0 Å². The van der Waals surface area contributed by atoms with Crippen LogP contribution in [0.15, 0.2) is 30.6 Å². The molecule has 2 rings (SSSR count). The second-order valence-electron chi connectivity index (χ2n) is 5.67. The molecule has 0 aliphatic carbocycles. The van der Waals surface area contributed by atoms with Gasteiger partial charge in [0.25, 0.3) is 0 Å². The van der Waals surface area contributed by atoms with Crippen molar-refractivity contribution in [2.24, 2.45) is 12.8 Å². The van der Waals surface area contributed by atoms with Crippen LogP contribution in [0.25, 0.3) is 0 Å². The van der Waals surface area contributed by atoms with Crippen LogP contribution in [0, 0.1) is 13.8 Å². The third-order valence-electron chi connectivity index (χ3n) is 3.68. The Labute approximate surface area is 121 Å². The smallest absolute Gasteiger partial charge is 0.0534 e. The lowest BCUT2D eigenvalue weighted by Gasteiger charge is -2.21. The van der Waals surface area contributed by atoms with Crippen molar-refractivity contribution in [2.75, 3.05) is 13.6 Å². The predicted octanol–water partition coefficient (Wildman–Crippen LogP) is 2.17. The van der Waals surface area contributed by atoms with Gasteiger partial charge in [-0.3, -0.25) is 4.68 Å². The largest absolute Gasteiger partial charge is 0.323 e. The first-order valence-corrected chi connectivity index (χ1v) is 6.94. The van der Waals surface area contributed by atoms with E-state index in [1.807, 2.05) is 24.1 Å². The maximum absolute atomic E-state index is 6.31. The fourth-order valence-electron chi connectivity index (χ4n) is 2.37. The van der Waals surface area contributed by atoms with Gasteiger partial charge in [-0.1, -0.05) is 18.2 Å². The van der Waals surface area contributed by atoms with Gasteiger partial charge in [-0.2, -0.15) is 5.10 Å². The Bertz CT molecular complexity index is 574. The van der Waals surface area contributed by atoms with E-state index in [9.17, 15) is 0 Å². The monoisotopic (exact) mass is 272 g/mol. The molecule has 2 aromatic rings. The van der Waals surface area contributed by atoms with Crippen molar-refractivity contribution < 1.29 is 0 Å². The average molecular weight is 272 g/mol. The highest BCUT2D eigenvalue weighted by Crippen LogP contribution is 2.16. The first-order chi connectivity index (χ1) is 9.45. The van der Waals surface area contributed by atoms with Gasteiger partial charge in [0.2, 0.25) is 0 Å². The van der Waals surface area contributed by atoms with Gasteiger partial charge >= 0.3 is 0 Å². The second kappa shape index (κ2) is 6.20. The molecule has 108 valence electrons. The Morgan fingerprint density at radius 3 is 2.65 bits per heavy atom. The molecule has 1 aromatic carbocycles. The fourth-order valence-corrected chi connectivity index (χ4v) is 2.37. The van der Waals surface area contributed by atoms with Crippen molar-refractivity contribution in [3.63, 3.8) is 0 Å². The van der Waals surface area contributed by atoms with Crippen LogP contribution in [0.4, 0.5) is 0 Å². The number of hydrogen-bond acceptors (Lipinski definition) is 3. The standard InChI is InChI=1S/C16H24N4/c1-12-5-6-15(7-13(12)2)16(17)11-19(3)9-14-8-18-20(4)10-14/h5-8,10,16H,9,11,17H2,1-4H3. The number of hydrogen-bond donors (Lipinski definition) is 1. The van der Waals surface area contributed by atoms with E-state index in [1.165, 1.54) is 22.3 Å². The predicted molar refractivity (Wildman–Crippen MR) is 82.4 cm³/mol. The van der Waals surface area contributed by atoms with Gasteiger partial charge in [-0.25, -0.2) is 0 Å². The topological polar surface area (TPSA) is 47.1 Å². The molecular weight excluding hydrogens is 248 g/mol. The van der Waals surface area contributed by atoms with Crippen molar-refractivity contribution >= 4 is 0 Å². The van der Waals surface area contributed by atoms with Crippen LogP contribution in [0.1, 0.15) is 28.3 Å². The fraction of sp³-hybridized carbons (Fsp3) is 0.438. The Morgan fingerprint density at radius 2 is 2.05 bits per heavy atom. The molecule has 1 heterocycles. The van der Waals surface area contributed by atoms with Gasteiger partial charge in [0.15, 0.2) is 0 Å². The second-order valence-corrected chi connectivity index (χ2v) is 5.67. The number of aromatic nitrogens is 2. The van der Waals surface area contributed by atoms with Crippen LogP contribution in [-0.2, 0) is 13.6 Å². The van der Waals surface area contributed by atoms with E-state index >= 15 is 0 Å². The number of likely N-dealkylation sites (N-methyl/N-ethyl adjacent to an activating group) is 1. The summed E-state index contributed by atoms with van der Waals surface area (Å²) in [5, 5.41) is 4.19. The zero-order valence-electron chi connectivity index (χ0n) is 12.8. The van der Waals surface area contributed by atoms with Crippen LogP contribution in [-0.4, -0.2) is 28.3 Å². The minimum Gasteiger partial charge on any atom is -0.323 e. The highest BCUT2D eigenvalue weighted by atomic mass is 15.2. The molecule has 0 aliphatic rings. The minimum absolute atomic E-state index is 0.0379. The van der Waals surface area contributed by atoms with Gasteiger partial charge in [-0.15, -0.1) is 0 Å². The van der Waals surface area contributed by atoms with E-state index in [0.717, 1.165) is 13.1 Å². The molecular formula is C16H24N4. The molecule has 0 spiro atoms.